The van der Waals surface area contributed by atoms with Crippen molar-refractivity contribution >= 4 is 22.9 Å². The fourth-order valence-corrected chi connectivity index (χ4v) is 2.63. The number of carbonyl (C=O) groups excluding carboxylic acids is 1. The molecule has 0 atom stereocenters. The van der Waals surface area contributed by atoms with E-state index in [0.717, 1.165) is 10.8 Å². The number of nitrogens with one attached hydrogen (secondary N) is 1. The molecule has 0 spiro atoms. The molecule has 0 radical (unpaired) electrons. The highest BCUT2D eigenvalue weighted by molar-refractivity contribution is 6.01. The summed E-state index contributed by atoms with van der Waals surface area (Å²) in [5.74, 6) is 0.233. The maximum atomic E-state index is 12.3. The first-order valence-corrected chi connectivity index (χ1v) is 8.35. The normalized spacial score (nSPS) is 10.6. The lowest BCUT2D eigenvalue weighted by Gasteiger charge is -2.08. The zero-order valence-electron chi connectivity index (χ0n) is 15.0. The van der Waals surface area contributed by atoms with Crippen molar-refractivity contribution < 1.29 is 19.4 Å². The molecule has 3 rings (SSSR count). The Kier molecular flexibility index (Phi) is 5.72. The summed E-state index contributed by atoms with van der Waals surface area (Å²) < 4.78 is 10.5. The van der Waals surface area contributed by atoms with Gasteiger partial charge in [-0.3, -0.25) is 4.79 Å². The van der Waals surface area contributed by atoms with Crippen molar-refractivity contribution in [3.63, 3.8) is 0 Å². The first-order chi connectivity index (χ1) is 13.6. The van der Waals surface area contributed by atoms with Gasteiger partial charge in [0.15, 0.2) is 18.1 Å². The fourth-order valence-electron chi connectivity index (χ4n) is 2.63. The number of hydrogen-bond donors (Lipinski definition) is 2. The number of nitriles is 1. The van der Waals surface area contributed by atoms with Gasteiger partial charge in [0.1, 0.15) is 11.8 Å². The Morgan fingerprint density at radius 3 is 2.64 bits per heavy atom. The van der Waals surface area contributed by atoms with E-state index in [9.17, 15) is 9.90 Å². The van der Waals surface area contributed by atoms with Gasteiger partial charge >= 0.3 is 0 Å². The van der Waals surface area contributed by atoms with Crippen LogP contribution in [0.3, 0.4) is 0 Å². The average Bonchev–Trinajstić information content (AvgIpc) is 2.72. The second kappa shape index (κ2) is 8.56. The van der Waals surface area contributed by atoms with Crippen LogP contribution in [0.1, 0.15) is 15.9 Å². The molecule has 3 aromatic rings. The van der Waals surface area contributed by atoms with Crippen LogP contribution < -0.4 is 14.9 Å². The number of phenols is 1. The van der Waals surface area contributed by atoms with Crippen LogP contribution in [0.2, 0.25) is 0 Å². The summed E-state index contributed by atoms with van der Waals surface area (Å²) >= 11 is 0. The third-order valence-corrected chi connectivity index (χ3v) is 3.97. The van der Waals surface area contributed by atoms with E-state index in [1.54, 1.807) is 30.3 Å². The van der Waals surface area contributed by atoms with Gasteiger partial charge in [-0.1, -0.05) is 24.3 Å². The molecule has 3 aromatic carbocycles. The Morgan fingerprint density at radius 2 is 1.93 bits per heavy atom. The van der Waals surface area contributed by atoms with Crippen LogP contribution in [0.5, 0.6) is 17.2 Å². The largest absolute Gasteiger partial charge is 0.507 e. The molecule has 0 aliphatic carbocycles. The zero-order valence-corrected chi connectivity index (χ0v) is 15.0. The number of hydrazone groups is 1. The van der Waals surface area contributed by atoms with E-state index in [0.29, 0.717) is 17.1 Å². The molecule has 0 aromatic heterocycles. The van der Waals surface area contributed by atoms with Crippen LogP contribution in [0.25, 0.3) is 10.8 Å². The van der Waals surface area contributed by atoms with Crippen LogP contribution >= 0.6 is 0 Å². The highest BCUT2D eigenvalue weighted by atomic mass is 16.5. The number of aromatic hydroxyl groups is 1. The minimum atomic E-state index is -0.527. The molecule has 140 valence electrons. The molecule has 0 unspecified atom stereocenters. The van der Waals surface area contributed by atoms with E-state index >= 15 is 0 Å². The van der Waals surface area contributed by atoms with Crippen LogP contribution in [0.15, 0.2) is 59.7 Å². The molecule has 0 heterocycles. The zero-order chi connectivity index (χ0) is 19.9. The van der Waals surface area contributed by atoms with Crippen LogP contribution in [-0.2, 0) is 0 Å². The molecule has 0 aliphatic rings. The van der Waals surface area contributed by atoms with Crippen molar-refractivity contribution in [3.05, 3.63) is 65.7 Å². The number of hydrogen-bond acceptors (Lipinski definition) is 6. The Hall–Kier alpha value is -4.05. The summed E-state index contributed by atoms with van der Waals surface area (Å²) in [4.78, 5) is 12.3. The summed E-state index contributed by atoms with van der Waals surface area (Å²) in [7, 11) is 1.49. The highest BCUT2D eigenvalue weighted by Crippen LogP contribution is 2.27. The number of methoxy groups -OCH3 is 1. The van der Waals surface area contributed by atoms with Gasteiger partial charge in [0.2, 0.25) is 0 Å². The highest BCUT2D eigenvalue weighted by Gasteiger charge is 2.12. The molecular weight excluding hydrogens is 358 g/mol. The molecule has 0 fully saturated rings. The Balaban J connectivity index is 1.73. The van der Waals surface area contributed by atoms with Gasteiger partial charge in [-0.15, -0.1) is 0 Å². The number of carbonyl (C=O) groups is 1. The lowest BCUT2D eigenvalue weighted by molar-refractivity contribution is 0.0952. The van der Waals surface area contributed by atoms with Gasteiger partial charge in [-0.05, 0) is 46.7 Å². The Bertz CT molecular complexity index is 1090. The van der Waals surface area contributed by atoms with E-state index in [-0.39, 0.29) is 17.9 Å². The van der Waals surface area contributed by atoms with Crippen molar-refractivity contribution in [2.75, 3.05) is 13.7 Å². The summed E-state index contributed by atoms with van der Waals surface area (Å²) in [6.45, 7) is -0.0882. The monoisotopic (exact) mass is 375 g/mol. The van der Waals surface area contributed by atoms with Gasteiger partial charge in [-0.2, -0.15) is 10.4 Å². The molecule has 0 saturated carbocycles. The number of phenolic OH excluding ortho intramolecular Hbond substituents is 1. The number of ether oxygens (including phenoxy) is 2. The SMILES string of the molecule is COc1cc(/C=N\NC(=O)c2cc3ccccc3cc2O)ccc1OCC#N. The number of fused-ring (bicyclic) bond motifs is 1. The van der Waals surface area contributed by atoms with Crippen molar-refractivity contribution in [3.8, 4) is 23.3 Å². The minimum Gasteiger partial charge on any atom is -0.507 e. The molecule has 28 heavy (non-hydrogen) atoms. The third-order valence-electron chi connectivity index (χ3n) is 3.97. The summed E-state index contributed by atoms with van der Waals surface area (Å²) in [6.07, 6.45) is 1.44. The summed E-state index contributed by atoms with van der Waals surface area (Å²) in [5, 5.41) is 24.3. The van der Waals surface area contributed by atoms with Crippen molar-refractivity contribution in [1.82, 2.24) is 5.43 Å². The second-order valence-electron chi connectivity index (χ2n) is 5.77. The Labute approximate surface area is 161 Å². The predicted octanol–water partition coefficient (Wildman–Crippen LogP) is 3.22. The molecule has 2 N–H and O–H groups in total. The standard InChI is InChI=1S/C21H17N3O4/c1-27-20-10-14(6-7-19(20)28-9-8-22)13-23-24-21(26)17-11-15-4-2-3-5-16(15)12-18(17)25/h2-7,10-13,25H,9H2,1H3,(H,24,26)/b23-13-. The van der Waals surface area contributed by atoms with Gasteiger partial charge in [0.05, 0.1) is 18.9 Å². The third kappa shape index (κ3) is 4.19. The van der Waals surface area contributed by atoms with E-state index in [4.69, 9.17) is 14.7 Å². The molecule has 0 saturated heterocycles. The molecule has 7 heteroatoms. The van der Waals surface area contributed by atoms with Crippen molar-refractivity contribution in [2.45, 2.75) is 0 Å². The molecule has 1 amide bonds. The summed E-state index contributed by atoms with van der Waals surface area (Å²) in [5.41, 5.74) is 3.18. The molecule has 0 bridgehead atoms. The first-order valence-electron chi connectivity index (χ1n) is 8.35. The van der Waals surface area contributed by atoms with Crippen molar-refractivity contribution in [1.29, 1.82) is 5.26 Å². The van der Waals surface area contributed by atoms with E-state index in [1.165, 1.54) is 13.3 Å². The predicted molar refractivity (Wildman–Crippen MR) is 105 cm³/mol. The van der Waals surface area contributed by atoms with E-state index < -0.39 is 5.91 Å². The van der Waals surface area contributed by atoms with Gasteiger partial charge in [-0.25, -0.2) is 5.43 Å². The van der Waals surface area contributed by atoms with Crippen LogP contribution in [0.4, 0.5) is 0 Å². The number of amides is 1. The second-order valence-corrected chi connectivity index (χ2v) is 5.77. The van der Waals surface area contributed by atoms with Crippen molar-refractivity contribution in [2.24, 2.45) is 5.10 Å². The van der Waals surface area contributed by atoms with Crippen LogP contribution in [0, 0.1) is 11.3 Å². The van der Waals surface area contributed by atoms with Crippen LogP contribution in [-0.4, -0.2) is 30.9 Å². The lowest BCUT2D eigenvalue weighted by atomic mass is 10.1. The maximum Gasteiger partial charge on any atom is 0.275 e. The van der Waals surface area contributed by atoms with E-state index in [2.05, 4.69) is 10.5 Å². The number of rotatable bonds is 6. The number of nitrogens with zero attached hydrogens (tertiary/aromatic N) is 2. The van der Waals surface area contributed by atoms with Gasteiger partial charge in [0.25, 0.3) is 5.91 Å². The lowest BCUT2D eigenvalue weighted by Crippen LogP contribution is -2.17. The first kappa shape index (κ1) is 18.7. The average molecular weight is 375 g/mol. The van der Waals surface area contributed by atoms with Gasteiger partial charge in [0, 0.05) is 0 Å². The smallest absolute Gasteiger partial charge is 0.275 e. The fraction of sp³-hybridized carbons (Fsp3) is 0.0952. The minimum absolute atomic E-state index is 0.0882. The number of benzene rings is 3. The molecular formula is C21H17N3O4. The topological polar surface area (TPSA) is 104 Å². The molecule has 7 nitrogen and oxygen atoms in total. The Morgan fingerprint density at radius 1 is 1.18 bits per heavy atom. The quantitative estimate of drug-likeness (QED) is 0.508. The molecule has 0 aliphatic heterocycles. The van der Waals surface area contributed by atoms with E-state index in [1.807, 2.05) is 30.3 Å². The summed E-state index contributed by atoms with van der Waals surface area (Å²) in [6, 6.07) is 17.5. The van der Waals surface area contributed by atoms with Gasteiger partial charge < -0.3 is 14.6 Å². The maximum absolute atomic E-state index is 12.3.